The van der Waals surface area contributed by atoms with Crippen LogP contribution in [0, 0.1) is 5.92 Å². The Kier molecular flexibility index (Phi) is 5.32. The predicted octanol–water partition coefficient (Wildman–Crippen LogP) is 2.59. The summed E-state index contributed by atoms with van der Waals surface area (Å²) < 4.78 is 0. The molecule has 0 bridgehead atoms. The molecule has 1 aliphatic heterocycles. The fraction of sp³-hybridized carbons (Fsp3) is 0.588. The van der Waals surface area contributed by atoms with Crippen molar-refractivity contribution < 1.29 is 4.79 Å². The van der Waals surface area contributed by atoms with Crippen molar-refractivity contribution in [3.05, 3.63) is 35.9 Å². The van der Waals surface area contributed by atoms with Gasteiger partial charge in [-0.15, -0.1) is 0 Å². The standard InChI is InChI=1S/C17H26N2O/c1-4-14(2)17(20)16(15-8-6-5-7-9-15)19-12-10-18(3)11-13-19/h5-9,14,16H,4,10-13H2,1-3H3/t14?,16-/m1/s1. The van der Waals surface area contributed by atoms with E-state index >= 15 is 0 Å². The Morgan fingerprint density at radius 2 is 1.75 bits per heavy atom. The molecule has 0 spiro atoms. The van der Waals surface area contributed by atoms with Crippen molar-refractivity contribution >= 4 is 5.78 Å². The molecule has 1 aromatic rings. The first-order chi connectivity index (χ1) is 9.63. The molecule has 2 atom stereocenters. The van der Waals surface area contributed by atoms with Crippen molar-refractivity contribution in [1.29, 1.82) is 0 Å². The summed E-state index contributed by atoms with van der Waals surface area (Å²) in [4.78, 5) is 17.5. The van der Waals surface area contributed by atoms with E-state index in [0.717, 1.165) is 38.2 Å². The zero-order valence-electron chi connectivity index (χ0n) is 12.9. The van der Waals surface area contributed by atoms with E-state index in [1.165, 1.54) is 0 Å². The number of hydrogen-bond acceptors (Lipinski definition) is 3. The van der Waals surface area contributed by atoms with Gasteiger partial charge in [0.1, 0.15) is 0 Å². The van der Waals surface area contributed by atoms with Gasteiger partial charge in [0.05, 0.1) is 6.04 Å². The number of benzene rings is 1. The Morgan fingerprint density at radius 1 is 1.15 bits per heavy atom. The molecule has 1 fully saturated rings. The minimum Gasteiger partial charge on any atom is -0.304 e. The monoisotopic (exact) mass is 274 g/mol. The molecule has 0 amide bonds. The van der Waals surface area contributed by atoms with Crippen LogP contribution in [0.15, 0.2) is 30.3 Å². The van der Waals surface area contributed by atoms with Crippen LogP contribution in [0.2, 0.25) is 0 Å². The first-order valence-electron chi connectivity index (χ1n) is 7.64. The largest absolute Gasteiger partial charge is 0.304 e. The number of likely N-dealkylation sites (N-methyl/N-ethyl adjacent to an activating group) is 1. The zero-order valence-corrected chi connectivity index (χ0v) is 12.9. The van der Waals surface area contributed by atoms with E-state index in [1.807, 2.05) is 25.1 Å². The SMILES string of the molecule is CCC(C)C(=O)[C@@H](c1ccccc1)N1CCN(C)CC1. The predicted molar refractivity (Wildman–Crippen MR) is 82.7 cm³/mol. The summed E-state index contributed by atoms with van der Waals surface area (Å²) in [5, 5.41) is 0. The fourth-order valence-corrected chi connectivity index (χ4v) is 2.74. The number of piperazine rings is 1. The van der Waals surface area contributed by atoms with Gasteiger partial charge in [0.15, 0.2) is 5.78 Å². The van der Waals surface area contributed by atoms with Gasteiger partial charge in [-0.25, -0.2) is 0 Å². The van der Waals surface area contributed by atoms with Gasteiger partial charge in [-0.1, -0.05) is 44.2 Å². The topological polar surface area (TPSA) is 23.6 Å². The number of Topliss-reactive ketones (excluding diaryl/α,β-unsaturated/α-hetero) is 1. The van der Waals surface area contributed by atoms with Crippen LogP contribution >= 0.6 is 0 Å². The van der Waals surface area contributed by atoms with E-state index in [2.05, 4.69) is 35.9 Å². The second kappa shape index (κ2) is 7.00. The highest BCUT2D eigenvalue weighted by Crippen LogP contribution is 2.26. The maximum Gasteiger partial charge on any atom is 0.157 e. The molecule has 0 aromatic heterocycles. The highest BCUT2D eigenvalue weighted by atomic mass is 16.1. The molecule has 3 heteroatoms. The van der Waals surface area contributed by atoms with Gasteiger partial charge < -0.3 is 4.90 Å². The van der Waals surface area contributed by atoms with E-state index in [9.17, 15) is 4.79 Å². The lowest BCUT2D eigenvalue weighted by molar-refractivity contribution is -0.128. The normalized spacial score (nSPS) is 20.6. The fourth-order valence-electron chi connectivity index (χ4n) is 2.74. The molecule has 1 aliphatic rings. The molecule has 1 aromatic carbocycles. The van der Waals surface area contributed by atoms with Gasteiger partial charge in [-0.2, -0.15) is 0 Å². The van der Waals surface area contributed by atoms with E-state index in [-0.39, 0.29) is 12.0 Å². The van der Waals surface area contributed by atoms with Crippen LogP contribution < -0.4 is 0 Å². The van der Waals surface area contributed by atoms with Crippen molar-refractivity contribution in [1.82, 2.24) is 9.80 Å². The van der Waals surface area contributed by atoms with Crippen molar-refractivity contribution in [3.63, 3.8) is 0 Å². The van der Waals surface area contributed by atoms with Gasteiger partial charge in [-0.3, -0.25) is 9.69 Å². The Morgan fingerprint density at radius 3 is 2.30 bits per heavy atom. The Balaban J connectivity index is 2.22. The lowest BCUT2D eigenvalue weighted by atomic mass is 9.91. The minimum atomic E-state index is -0.0696. The number of carbonyl (C=O) groups is 1. The Bertz CT molecular complexity index is 424. The molecule has 0 saturated carbocycles. The summed E-state index contributed by atoms with van der Waals surface area (Å²) in [6.07, 6.45) is 0.913. The van der Waals surface area contributed by atoms with Gasteiger partial charge in [0.25, 0.3) is 0 Å². The van der Waals surface area contributed by atoms with Gasteiger partial charge in [0, 0.05) is 32.1 Å². The molecular formula is C17H26N2O. The summed E-state index contributed by atoms with van der Waals surface area (Å²) in [5.74, 6) is 0.489. The molecule has 110 valence electrons. The maximum atomic E-state index is 12.8. The third-order valence-corrected chi connectivity index (χ3v) is 4.39. The quantitative estimate of drug-likeness (QED) is 0.824. The number of carbonyl (C=O) groups excluding carboxylic acids is 1. The average Bonchev–Trinajstić information content (AvgIpc) is 2.49. The maximum absolute atomic E-state index is 12.8. The van der Waals surface area contributed by atoms with Crippen molar-refractivity contribution in [2.45, 2.75) is 26.3 Å². The number of ketones is 1. The second-order valence-electron chi connectivity index (χ2n) is 5.86. The Hall–Kier alpha value is -1.19. The van der Waals surface area contributed by atoms with E-state index in [0.29, 0.717) is 5.78 Å². The molecule has 0 N–H and O–H groups in total. The van der Waals surface area contributed by atoms with Gasteiger partial charge in [0.2, 0.25) is 0 Å². The van der Waals surface area contributed by atoms with Crippen LogP contribution in [-0.4, -0.2) is 48.8 Å². The van der Waals surface area contributed by atoms with Crippen molar-refractivity contribution in [2.75, 3.05) is 33.2 Å². The summed E-state index contributed by atoms with van der Waals surface area (Å²) in [6, 6.07) is 10.2. The number of rotatable bonds is 5. The molecule has 1 heterocycles. The van der Waals surface area contributed by atoms with Crippen LogP contribution in [0.5, 0.6) is 0 Å². The Labute approximate surface area is 122 Å². The highest BCUT2D eigenvalue weighted by Gasteiger charge is 2.31. The summed E-state index contributed by atoms with van der Waals surface area (Å²) in [5.41, 5.74) is 1.14. The molecule has 0 radical (unpaired) electrons. The second-order valence-corrected chi connectivity index (χ2v) is 5.86. The zero-order chi connectivity index (χ0) is 14.5. The first kappa shape index (κ1) is 15.2. The lowest BCUT2D eigenvalue weighted by Crippen LogP contribution is -2.48. The van der Waals surface area contributed by atoms with Crippen LogP contribution in [0.1, 0.15) is 31.9 Å². The molecule has 1 unspecified atom stereocenters. The van der Waals surface area contributed by atoms with E-state index in [4.69, 9.17) is 0 Å². The van der Waals surface area contributed by atoms with E-state index in [1.54, 1.807) is 0 Å². The highest BCUT2D eigenvalue weighted by molar-refractivity contribution is 5.87. The smallest absolute Gasteiger partial charge is 0.157 e. The van der Waals surface area contributed by atoms with Crippen LogP contribution in [0.4, 0.5) is 0 Å². The van der Waals surface area contributed by atoms with Gasteiger partial charge in [-0.05, 0) is 19.0 Å². The lowest BCUT2D eigenvalue weighted by Gasteiger charge is -2.38. The third kappa shape index (κ3) is 3.47. The van der Waals surface area contributed by atoms with Gasteiger partial charge >= 0.3 is 0 Å². The summed E-state index contributed by atoms with van der Waals surface area (Å²) >= 11 is 0. The average molecular weight is 274 g/mol. The molecule has 0 aliphatic carbocycles. The first-order valence-corrected chi connectivity index (χ1v) is 7.64. The number of hydrogen-bond donors (Lipinski definition) is 0. The van der Waals surface area contributed by atoms with Crippen molar-refractivity contribution in [3.8, 4) is 0 Å². The summed E-state index contributed by atoms with van der Waals surface area (Å²) in [7, 11) is 2.14. The van der Waals surface area contributed by atoms with Crippen molar-refractivity contribution in [2.24, 2.45) is 5.92 Å². The minimum absolute atomic E-state index is 0.0696. The molecular weight excluding hydrogens is 248 g/mol. The third-order valence-electron chi connectivity index (χ3n) is 4.39. The van der Waals surface area contributed by atoms with Crippen LogP contribution in [0.3, 0.4) is 0 Å². The van der Waals surface area contributed by atoms with E-state index < -0.39 is 0 Å². The van der Waals surface area contributed by atoms with Crippen LogP contribution in [0.25, 0.3) is 0 Å². The molecule has 3 nitrogen and oxygen atoms in total. The number of nitrogens with zero attached hydrogens (tertiary/aromatic N) is 2. The molecule has 2 rings (SSSR count). The van der Waals surface area contributed by atoms with Crippen LogP contribution in [-0.2, 0) is 4.79 Å². The summed E-state index contributed by atoms with van der Waals surface area (Å²) in [6.45, 7) is 8.16. The molecule has 20 heavy (non-hydrogen) atoms. The molecule has 1 saturated heterocycles.